The van der Waals surface area contributed by atoms with Gasteiger partial charge in [-0.1, -0.05) is 0 Å². The highest BCUT2D eigenvalue weighted by Gasteiger charge is 2.08. The predicted molar refractivity (Wildman–Crippen MR) is 97.5 cm³/mol. The van der Waals surface area contributed by atoms with E-state index in [1.807, 2.05) is 50.3 Å². The van der Waals surface area contributed by atoms with E-state index in [9.17, 15) is 0 Å². The Morgan fingerprint density at radius 2 is 1.17 bits per heavy atom. The molecule has 8 N–H and O–H groups in total. The zero-order valence-electron chi connectivity index (χ0n) is 13.3. The van der Waals surface area contributed by atoms with Crippen LogP contribution in [0.3, 0.4) is 0 Å². The Kier molecular flexibility index (Phi) is 4.81. The number of allylic oxidation sites excluding steroid dienone is 2. The number of nitrogens with two attached hydrogens (primary N) is 4. The normalized spacial score (nSPS) is 12.3. The zero-order valence-corrected chi connectivity index (χ0v) is 13.3. The van der Waals surface area contributed by atoms with Crippen molar-refractivity contribution in [3.8, 4) is 11.5 Å². The summed E-state index contributed by atoms with van der Waals surface area (Å²) in [4.78, 5) is 0. The fourth-order valence-electron chi connectivity index (χ4n) is 2.15. The molecule has 0 unspecified atom stereocenters. The van der Waals surface area contributed by atoms with Gasteiger partial charge in [-0.2, -0.15) is 0 Å². The van der Waals surface area contributed by atoms with Gasteiger partial charge >= 0.3 is 0 Å². The molecule has 0 radical (unpaired) electrons. The molecule has 2 aromatic carbocycles. The van der Waals surface area contributed by atoms with Crippen molar-refractivity contribution in [3.05, 3.63) is 58.9 Å². The average Bonchev–Trinajstić information content (AvgIpc) is 2.43. The van der Waals surface area contributed by atoms with Crippen LogP contribution < -0.4 is 27.7 Å². The lowest BCUT2D eigenvalue weighted by Gasteiger charge is -2.13. The third kappa shape index (κ3) is 4.44. The van der Waals surface area contributed by atoms with E-state index in [4.69, 9.17) is 27.7 Å². The van der Waals surface area contributed by atoms with Gasteiger partial charge in [0.1, 0.15) is 11.5 Å². The molecule has 0 heterocycles. The van der Waals surface area contributed by atoms with Crippen LogP contribution in [0.5, 0.6) is 11.5 Å². The topological polar surface area (TPSA) is 113 Å². The van der Waals surface area contributed by atoms with Crippen LogP contribution in [0.25, 0.3) is 12.2 Å². The van der Waals surface area contributed by atoms with Gasteiger partial charge in [-0.3, -0.25) is 0 Å². The highest BCUT2D eigenvalue weighted by molar-refractivity contribution is 5.67. The standard InChI is InChI=1S/C18H22N4O/c1-11(19)7-13-9-15(21)3-5-17(13)23-18-6-4-16(22)10-14(18)8-12(2)20/h3-10H,19-22H2,1-2H3. The van der Waals surface area contributed by atoms with E-state index in [-0.39, 0.29) is 0 Å². The molecule has 0 aliphatic carbocycles. The first kappa shape index (κ1) is 16.3. The summed E-state index contributed by atoms with van der Waals surface area (Å²) in [7, 11) is 0. The molecule has 120 valence electrons. The molecule has 23 heavy (non-hydrogen) atoms. The van der Waals surface area contributed by atoms with Crippen molar-refractivity contribution in [3.63, 3.8) is 0 Å². The van der Waals surface area contributed by atoms with Crippen molar-refractivity contribution >= 4 is 23.5 Å². The Balaban J connectivity index is 2.48. The van der Waals surface area contributed by atoms with Crippen molar-refractivity contribution in [1.82, 2.24) is 0 Å². The number of hydrogen-bond donors (Lipinski definition) is 4. The van der Waals surface area contributed by atoms with Crippen LogP contribution in [0.2, 0.25) is 0 Å². The second-order valence-electron chi connectivity index (χ2n) is 5.47. The van der Waals surface area contributed by atoms with Crippen LogP contribution in [0, 0.1) is 0 Å². The first-order valence-electron chi connectivity index (χ1n) is 7.19. The van der Waals surface area contributed by atoms with Gasteiger partial charge in [-0.05, 0) is 62.4 Å². The lowest BCUT2D eigenvalue weighted by Crippen LogP contribution is -1.97. The van der Waals surface area contributed by atoms with E-state index in [1.54, 1.807) is 12.1 Å². The molecule has 0 saturated carbocycles. The summed E-state index contributed by atoms with van der Waals surface area (Å²) in [5, 5.41) is 0. The van der Waals surface area contributed by atoms with E-state index < -0.39 is 0 Å². The van der Waals surface area contributed by atoms with Gasteiger partial charge in [0.25, 0.3) is 0 Å². The molecule has 2 aromatic rings. The van der Waals surface area contributed by atoms with Crippen molar-refractivity contribution in [2.24, 2.45) is 11.5 Å². The average molecular weight is 310 g/mol. The third-order valence-electron chi connectivity index (χ3n) is 3.05. The van der Waals surface area contributed by atoms with Crippen molar-refractivity contribution in [2.45, 2.75) is 13.8 Å². The second-order valence-corrected chi connectivity index (χ2v) is 5.47. The molecular formula is C18H22N4O. The summed E-state index contributed by atoms with van der Waals surface area (Å²) >= 11 is 0. The van der Waals surface area contributed by atoms with E-state index in [2.05, 4.69) is 0 Å². The minimum Gasteiger partial charge on any atom is -0.456 e. The minimum atomic E-state index is 0.639. The monoisotopic (exact) mass is 310 g/mol. The number of hydrogen-bond acceptors (Lipinski definition) is 5. The fourth-order valence-corrected chi connectivity index (χ4v) is 2.15. The third-order valence-corrected chi connectivity index (χ3v) is 3.05. The highest BCUT2D eigenvalue weighted by atomic mass is 16.5. The van der Waals surface area contributed by atoms with Crippen molar-refractivity contribution in [1.29, 1.82) is 0 Å². The first-order valence-corrected chi connectivity index (χ1v) is 7.19. The van der Waals surface area contributed by atoms with Gasteiger partial charge in [0.05, 0.1) is 0 Å². The second kappa shape index (κ2) is 6.79. The SMILES string of the molecule is CC(N)=Cc1cc(N)ccc1Oc1ccc(N)cc1C=C(C)N. The molecule has 0 atom stereocenters. The van der Waals surface area contributed by atoms with Gasteiger partial charge in [0.15, 0.2) is 0 Å². The quantitative estimate of drug-likeness (QED) is 0.647. The largest absolute Gasteiger partial charge is 0.456 e. The summed E-state index contributed by atoms with van der Waals surface area (Å²) in [5.74, 6) is 1.30. The maximum atomic E-state index is 6.04. The van der Waals surface area contributed by atoms with Crippen LogP contribution in [0.1, 0.15) is 25.0 Å². The molecule has 0 aliphatic rings. The molecule has 0 saturated heterocycles. The molecule has 0 aromatic heterocycles. The molecule has 5 heteroatoms. The van der Waals surface area contributed by atoms with Gasteiger partial charge in [-0.25, -0.2) is 0 Å². The molecule has 5 nitrogen and oxygen atoms in total. The first-order chi connectivity index (χ1) is 10.8. The van der Waals surface area contributed by atoms with Crippen molar-refractivity contribution in [2.75, 3.05) is 11.5 Å². The van der Waals surface area contributed by atoms with E-state index >= 15 is 0 Å². The summed E-state index contributed by atoms with van der Waals surface area (Å²) in [5.41, 5.74) is 27.5. The Hall–Kier alpha value is -3.08. The Morgan fingerprint density at radius 3 is 1.52 bits per heavy atom. The van der Waals surface area contributed by atoms with E-state index in [0.717, 1.165) is 11.1 Å². The van der Waals surface area contributed by atoms with E-state index in [0.29, 0.717) is 34.3 Å². The molecule has 0 aliphatic heterocycles. The predicted octanol–water partition coefficient (Wildman–Crippen LogP) is 3.28. The molecule has 0 bridgehead atoms. The van der Waals surface area contributed by atoms with Gasteiger partial charge < -0.3 is 27.7 Å². The highest BCUT2D eigenvalue weighted by Crippen LogP contribution is 2.32. The Morgan fingerprint density at radius 1 is 0.783 bits per heavy atom. The van der Waals surface area contributed by atoms with Crippen LogP contribution in [-0.4, -0.2) is 0 Å². The van der Waals surface area contributed by atoms with Gasteiger partial charge in [0.2, 0.25) is 0 Å². The van der Waals surface area contributed by atoms with E-state index in [1.165, 1.54) is 0 Å². The van der Waals surface area contributed by atoms with Gasteiger partial charge in [-0.15, -0.1) is 0 Å². The summed E-state index contributed by atoms with van der Waals surface area (Å²) in [6, 6.07) is 10.8. The maximum Gasteiger partial charge on any atom is 0.134 e. The summed E-state index contributed by atoms with van der Waals surface area (Å²) < 4.78 is 6.04. The lowest BCUT2D eigenvalue weighted by atomic mass is 10.1. The number of rotatable bonds is 4. The minimum absolute atomic E-state index is 0.639. The summed E-state index contributed by atoms with van der Waals surface area (Å²) in [6.07, 6.45) is 3.62. The Labute approximate surface area is 136 Å². The van der Waals surface area contributed by atoms with Crippen LogP contribution in [0.15, 0.2) is 47.8 Å². The molecule has 0 amide bonds. The zero-order chi connectivity index (χ0) is 17.0. The van der Waals surface area contributed by atoms with Crippen LogP contribution in [-0.2, 0) is 0 Å². The number of nitrogen functional groups attached to an aromatic ring is 2. The molecule has 0 fully saturated rings. The van der Waals surface area contributed by atoms with Gasteiger partial charge in [0, 0.05) is 33.9 Å². The lowest BCUT2D eigenvalue weighted by molar-refractivity contribution is 0.480. The molecule has 2 rings (SSSR count). The number of benzene rings is 2. The van der Waals surface area contributed by atoms with Crippen LogP contribution in [0.4, 0.5) is 11.4 Å². The fraction of sp³-hybridized carbons (Fsp3) is 0.111. The molecule has 0 spiro atoms. The van der Waals surface area contributed by atoms with Crippen LogP contribution >= 0.6 is 0 Å². The maximum absolute atomic E-state index is 6.04. The van der Waals surface area contributed by atoms with Crippen molar-refractivity contribution < 1.29 is 4.74 Å². The Bertz CT molecular complexity index is 705. The number of anilines is 2. The number of ether oxygens (including phenoxy) is 1. The summed E-state index contributed by atoms with van der Waals surface area (Å²) in [6.45, 7) is 3.62. The molecular weight excluding hydrogens is 288 g/mol. The smallest absolute Gasteiger partial charge is 0.134 e.